The van der Waals surface area contributed by atoms with Gasteiger partial charge in [-0.3, -0.25) is 4.79 Å². The Kier molecular flexibility index (Phi) is 3.01. The quantitative estimate of drug-likeness (QED) is 0.749. The molecule has 0 fully saturated rings. The molecule has 1 N–H and O–H groups in total. The van der Waals surface area contributed by atoms with Gasteiger partial charge in [0, 0.05) is 35.9 Å². The topological polar surface area (TPSA) is 53.9 Å². The summed E-state index contributed by atoms with van der Waals surface area (Å²) in [5, 5.41) is 1.28. The van der Waals surface area contributed by atoms with E-state index in [1.807, 2.05) is 23.5 Å². The van der Waals surface area contributed by atoms with Crippen molar-refractivity contribution in [3.05, 3.63) is 53.7 Å². The Morgan fingerprint density at radius 2 is 2.17 bits per heavy atom. The van der Waals surface area contributed by atoms with E-state index in [-0.39, 0.29) is 11.8 Å². The number of para-hydroxylation sites is 1. The molecule has 0 spiro atoms. The van der Waals surface area contributed by atoms with Crippen molar-refractivity contribution in [3.8, 4) is 0 Å². The number of carbonyl (C=O) groups is 1. The van der Waals surface area contributed by atoms with Gasteiger partial charge in [0.25, 0.3) is 0 Å². The van der Waals surface area contributed by atoms with Crippen LogP contribution < -0.4 is 0 Å². The summed E-state index contributed by atoms with van der Waals surface area (Å²) in [5.41, 5.74) is 4.77. The summed E-state index contributed by atoms with van der Waals surface area (Å²) >= 11 is 0. The Hall–Kier alpha value is -2.56. The number of benzene rings is 1. The second-order valence-corrected chi connectivity index (χ2v) is 6.85. The average Bonchev–Trinajstić information content (AvgIpc) is 3.24. The van der Waals surface area contributed by atoms with Crippen LogP contribution in [0.3, 0.4) is 0 Å². The van der Waals surface area contributed by atoms with Crippen LogP contribution in [0.4, 0.5) is 0 Å². The van der Waals surface area contributed by atoms with E-state index in [2.05, 4.69) is 32.7 Å². The third-order valence-corrected chi connectivity index (χ3v) is 5.49. The fraction of sp³-hybridized carbons (Fsp3) is 0.368. The molecule has 3 heterocycles. The molecule has 5 nitrogen and oxygen atoms in total. The number of aromatic nitrogens is 3. The maximum Gasteiger partial charge on any atom is 0.232 e. The minimum atomic E-state index is -0.0318. The van der Waals surface area contributed by atoms with Gasteiger partial charge in [0.05, 0.1) is 24.5 Å². The number of hydrogen-bond acceptors (Lipinski definition) is 2. The summed E-state index contributed by atoms with van der Waals surface area (Å²) in [6.45, 7) is 2.28. The van der Waals surface area contributed by atoms with Crippen molar-refractivity contribution in [2.45, 2.75) is 38.3 Å². The summed E-state index contributed by atoms with van der Waals surface area (Å²) in [6.07, 6.45) is 6.81. The first-order chi connectivity index (χ1) is 11.8. The number of H-pyrrole nitrogens is 1. The molecule has 2 aromatic heterocycles. The predicted octanol–water partition coefficient (Wildman–Crippen LogP) is 2.83. The molecule has 0 saturated heterocycles. The number of rotatable bonds is 1. The van der Waals surface area contributed by atoms with Crippen molar-refractivity contribution in [2.75, 3.05) is 6.54 Å². The van der Waals surface area contributed by atoms with Crippen molar-refractivity contribution in [2.24, 2.45) is 0 Å². The number of aromatic amines is 1. The largest absolute Gasteiger partial charge is 0.357 e. The fourth-order valence-corrected chi connectivity index (χ4v) is 4.25. The first-order valence-corrected chi connectivity index (χ1v) is 8.68. The maximum absolute atomic E-state index is 13.2. The van der Waals surface area contributed by atoms with Crippen LogP contribution in [0.5, 0.6) is 0 Å². The Morgan fingerprint density at radius 1 is 1.25 bits per heavy atom. The van der Waals surface area contributed by atoms with Gasteiger partial charge in [0.1, 0.15) is 0 Å². The number of amides is 1. The maximum atomic E-state index is 13.2. The zero-order chi connectivity index (χ0) is 16.1. The molecule has 1 unspecified atom stereocenters. The Morgan fingerprint density at radius 3 is 3.12 bits per heavy atom. The van der Waals surface area contributed by atoms with Gasteiger partial charge in [-0.15, -0.1) is 0 Å². The number of fused-ring (bicyclic) bond motifs is 4. The Balaban J connectivity index is 1.49. The smallest absolute Gasteiger partial charge is 0.232 e. The lowest BCUT2D eigenvalue weighted by molar-refractivity contribution is -0.134. The van der Waals surface area contributed by atoms with Crippen LogP contribution in [-0.4, -0.2) is 31.9 Å². The SMILES string of the molecule is O=C(C1CCCc2c1[nH]c1ccccc21)N1CCn2cncc2C1. The molecule has 3 aromatic rings. The van der Waals surface area contributed by atoms with Gasteiger partial charge >= 0.3 is 0 Å². The van der Waals surface area contributed by atoms with Gasteiger partial charge in [-0.25, -0.2) is 4.98 Å². The number of carbonyl (C=O) groups excluding carboxylic acids is 1. The number of nitrogens with one attached hydrogen (secondary N) is 1. The highest BCUT2D eigenvalue weighted by molar-refractivity contribution is 5.90. The first kappa shape index (κ1) is 13.8. The van der Waals surface area contributed by atoms with Crippen molar-refractivity contribution >= 4 is 16.8 Å². The summed E-state index contributed by atoms with van der Waals surface area (Å²) < 4.78 is 2.14. The second-order valence-electron chi connectivity index (χ2n) is 6.85. The molecule has 2 aliphatic rings. The van der Waals surface area contributed by atoms with Gasteiger partial charge in [-0.05, 0) is 30.9 Å². The summed E-state index contributed by atoms with van der Waals surface area (Å²) in [5.74, 6) is 0.227. The van der Waals surface area contributed by atoms with Crippen LogP contribution in [0.2, 0.25) is 0 Å². The van der Waals surface area contributed by atoms with Crippen molar-refractivity contribution in [1.29, 1.82) is 0 Å². The molecule has 0 bridgehead atoms. The van der Waals surface area contributed by atoms with E-state index in [1.54, 1.807) is 0 Å². The fourth-order valence-electron chi connectivity index (χ4n) is 4.25. The van der Waals surface area contributed by atoms with E-state index in [0.29, 0.717) is 6.54 Å². The molecule has 1 atom stereocenters. The zero-order valence-corrected chi connectivity index (χ0v) is 13.5. The van der Waals surface area contributed by atoms with Crippen LogP contribution in [-0.2, 0) is 24.3 Å². The van der Waals surface area contributed by atoms with Gasteiger partial charge < -0.3 is 14.5 Å². The number of imidazole rings is 1. The minimum absolute atomic E-state index is 0.0318. The number of nitrogens with zero attached hydrogens (tertiary/aromatic N) is 3. The van der Waals surface area contributed by atoms with Gasteiger partial charge in [0.2, 0.25) is 5.91 Å². The molecule has 1 aliphatic heterocycles. The lowest BCUT2D eigenvalue weighted by Crippen LogP contribution is -2.41. The molecular weight excluding hydrogens is 300 g/mol. The van der Waals surface area contributed by atoms with Crippen LogP contribution in [0.25, 0.3) is 10.9 Å². The number of hydrogen-bond donors (Lipinski definition) is 1. The third kappa shape index (κ3) is 2.00. The normalized spacial score (nSPS) is 20.0. The van der Waals surface area contributed by atoms with Crippen LogP contribution >= 0.6 is 0 Å². The highest BCUT2D eigenvalue weighted by Crippen LogP contribution is 2.37. The van der Waals surface area contributed by atoms with E-state index in [9.17, 15) is 4.79 Å². The molecule has 0 saturated carbocycles. The molecular formula is C19H20N4O. The van der Waals surface area contributed by atoms with Crippen LogP contribution in [0.15, 0.2) is 36.8 Å². The number of aryl methyl sites for hydroxylation is 1. The highest BCUT2D eigenvalue weighted by atomic mass is 16.2. The van der Waals surface area contributed by atoms with Crippen LogP contribution in [0, 0.1) is 0 Å². The van der Waals surface area contributed by atoms with Gasteiger partial charge in [-0.2, -0.15) is 0 Å². The summed E-state index contributed by atoms with van der Waals surface area (Å²) in [7, 11) is 0. The first-order valence-electron chi connectivity index (χ1n) is 8.68. The second kappa shape index (κ2) is 5.23. The van der Waals surface area contributed by atoms with Crippen molar-refractivity contribution in [3.63, 3.8) is 0 Å². The molecule has 1 aliphatic carbocycles. The molecule has 0 radical (unpaired) electrons. The van der Waals surface area contributed by atoms with Crippen molar-refractivity contribution in [1.82, 2.24) is 19.4 Å². The average molecular weight is 320 g/mol. The molecule has 1 aromatic carbocycles. The van der Waals surface area contributed by atoms with Crippen LogP contribution in [0.1, 0.15) is 35.7 Å². The van der Waals surface area contributed by atoms with Gasteiger partial charge in [-0.1, -0.05) is 18.2 Å². The molecule has 24 heavy (non-hydrogen) atoms. The predicted molar refractivity (Wildman–Crippen MR) is 91.6 cm³/mol. The van der Waals surface area contributed by atoms with Gasteiger partial charge in [0.15, 0.2) is 0 Å². The van der Waals surface area contributed by atoms with E-state index in [0.717, 1.165) is 49.3 Å². The Labute approximate surface area is 140 Å². The molecule has 5 heteroatoms. The Bertz CT molecular complexity index is 922. The monoisotopic (exact) mass is 320 g/mol. The summed E-state index contributed by atoms with van der Waals surface area (Å²) in [6, 6.07) is 8.40. The standard InChI is InChI=1S/C19H20N4O/c24-19(22-8-9-23-12-20-10-13(23)11-22)16-6-3-5-15-14-4-1-2-7-17(14)21-18(15)16/h1-2,4,7,10,12,16,21H,3,5-6,8-9,11H2. The molecule has 5 rings (SSSR count). The summed E-state index contributed by atoms with van der Waals surface area (Å²) in [4.78, 5) is 22.9. The molecule has 122 valence electrons. The van der Waals surface area contributed by atoms with E-state index < -0.39 is 0 Å². The molecule has 1 amide bonds. The van der Waals surface area contributed by atoms with E-state index in [1.165, 1.54) is 10.9 Å². The van der Waals surface area contributed by atoms with E-state index >= 15 is 0 Å². The highest BCUT2D eigenvalue weighted by Gasteiger charge is 2.33. The van der Waals surface area contributed by atoms with E-state index in [4.69, 9.17) is 0 Å². The van der Waals surface area contributed by atoms with Crippen molar-refractivity contribution < 1.29 is 4.79 Å². The lowest BCUT2D eigenvalue weighted by Gasteiger charge is -2.32. The third-order valence-electron chi connectivity index (χ3n) is 5.49. The zero-order valence-electron chi connectivity index (χ0n) is 13.5. The lowest BCUT2D eigenvalue weighted by atomic mass is 9.85. The minimum Gasteiger partial charge on any atom is -0.357 e.